The minimum atomic E-state index is -3.89. The van der Waals surface area contributed by atoms with Gasteiger partial charge < -0.3 is 9.05 Å². The van der Waals surface area contributed by atoms with Gasteiger partial charge in [-0.05, 0) is 27.7 Å². The molecule has 0 aromatic carbocycles. The van der Waals surface area contributed by atoms with Gasteiger partial charge in [0, 0.05) is 0 Å². The summed E-state index contributed by atoms with van der Waals surface area (Å²) in [6.07, 6.45) is -1.41. The molecule has 6 nitrogen and oxygen atoms in total. The smallest absolute Gasteiger partial charge is 0.304 e. The van der Waals surface area contributed by atoms with E-state index in [2.05, 4.69) is 4.18 Å². The van der Waals surface area contributed by atoms with E-state index in [1.165, 1.54) is 0 Å². The van der Waals surface area contributed by atoms with Crippen molar-refractivity contribution in [1.82, 2.24) is 0 Å². The van der Waals surface area contributed by atoms with Gasteiger partial charge in [-0.25, -0.2) is 0 Å². The molecule has 0 atom stereocenters. The summed E-state index contributed by atoms with van der Waals surface area (Å²) in [5.41, 5.74) is 0. The fraction of sp³-hybridized carbons (Fsp3) is 1.00. The average Bonchev–Trinajstić information content (AvgIpc) is 2.13. The lowest BCUT2D eigenvalue weighted by Gasteiger charge is -2.22. The maximum Gasteiger partial charge on any atom is 0.358 e. The van der Waals surface area contributed by atoms with Gasteiger partial charge in [-0.2, -0.15) is 8.42 Å². The van der Waals surface area contributed by atoms with E-state index < -0.39 is 29.3 Å². The van der Waals surface area contributed by atoms with Gasteiger partial charge in [-0.15, -0.1) is 11.6 Å². The first-order valence-corrected chi connectivity index (χ1v) is 8.83. The molecule has 0 aromatic heterocycles. The first-order chi connectivity index (χ1) is 7.60. The van der Waals surface area contributed by atoms with E-state index in [0.29, 0.717) is 0 Å². The highest BCUT2D eigenvalue weighted by atomic mass is 35.5. The lowest BCUT2D eigenvalue weighted by atomic mass is 10.5. The Morgan fingerprint density at radius 2 is 1.53 bits per heavy atom. The highest BCUT2D eigenvalue weighted by molar-refractivity contribution is 7.88. The van der Waals surface area contributed by atoms with E-state index >= 15 is 0 Å². The summed E-state index contributed by atoms with van der Waals surface area (Å²) in [6, 6.07) is 0. The molecule has 0 aliphatic rings. The third-order valence-electron chi connectivity index (χ3n) is 1.27. The fourth-order valence-electron chi connectivity index (χ4n) is 0.904. The standard InChI is InChI=1S/C8H18ClO6PS/c1-7(2)14-16(10,15-8(3)4)6-13-17(11,12)5-9/h7-8H,5-6H2,1-4H3. The SMILES string of the molecule is CC(C)OP(=O)(COS(=O)(=O)CCl)OC(C)C. The maximum atomic E-state index is 12.1. The molecule has 104 valence electrons. The molecule has 0 radical (unpaired) electrons. The molecule has 0 aromatic rings. The zero-order valence-electron chi connectivity index (χ0n) is 10.3. The van der Waals surface area contributed by atoms with Crippen LogP contribution < -0.4 is 0 Å². The molecule has 9 heteroatoms. The first kappa shape index (κ1) is 17.4. The van der Waals surface area contributed by atoms with E-state index in [4.69, 9.17) is 20.6 Å². The Bertz CT molecular complexity index is 352. The zero-order chi connectivity index (χ0) is 13.7. The molecule has 0 bridgehead atoms. The van der Waals surface area contributed by atoms with Gasteiger partial charge in [0.1, 0.15) is 5.21 Å². The Morgan fingerprint density at radius 1 is 1.12 bits per heavy atom. The molecular formula is C8H18ClO6PS. The van der Waals surface area contributed by atoms with Crippen LogP contribution in [-0.2, 0) is 27.9 Å². The molecule has 0 saturated carbocycles. The summed E-state index contributed by atoms with van der Waals surface area (Å²) in [6.45, 7) is 6.64. The van der Waals surface area contributed by atoms with Gasteiger partial charge >= 0.3 is 7.60 Å². The quantitative estimate of drug-likeness (QED) is 0.389. The number of hydrogen-bond donors (Lipinski definition) is 0. The monoisotopic (exact) mass is 308 g/mol. The highest BCUT2D eigenvalue weighted by Gasteiger charge is 2.30. The van der Waals surface area contributed by atoms with Crippen LogP contribution in [0.3, 0.4) is 0 Å². The van der Waals surface area contributed by atoms with Crippen molar-refractivity contribution in [1.29, 1.82) is 0 Å². The predicted octanol–water partition coefficient (Wildman–Crippen LogP) is 2.53. The molecule has 0 rings (SSSR count). The van der Waals surface area contributed by atoms with Crippen molar-refractivity contribution < 1.29 is 26.2 Å². The Labute approximate surface area is 107 Å². The van der Waals surface area contributed by atoms with Gasteiger partial charge in [0.15, 0.2) is 6.35 Å². The molecular weight excluding hydrogens is 291 g/mol. The Balaban J connectivity index is 4.66. The van der Waals surface area contributed by atoms with Crippen LogP contribution in [0.5, 0.6) is 0 Å². The van der Waals surface area contributed by atoms with Crippen LogP contribution in [0.2, 0.25) is 0 Å². The van der Waals surface area contributed by atoms with Crippen LogP contribution in [0, 0.1) is 0 Å². The van der Waals surface area contributed by atoms with Crippen molar-refractivity contribution in [3.8, 4) is 0 Å². The van der Waals surface area contributed by atoms with Crippen LogP contribution in [0.4, 0.5) is 0 Å². The maximum absolute atomic E-state index is 12.1. The van der Waals surface area contributed by atoms with Gasteiger partial charge in [0.25, 0.3) is 10.1 Å². The van der Waals surface area contributed by atoms with E-state index in [1.54, 1.807) is 27.7 Å². The van der Waals surface area contributed by atoms with Crippen molar-refractivity contribution in [2.75, 3.05) is 11.6 Å². The number of rotatable bonds is 8. The number of alkyl halides is 1. The lowest BCUT2D eigenvalue weighted by molar-refractivity contribution is 0.130. The van der Waals surface area contributed by atoms with Crippen LogP contribution >= 0.6 is 19.2 Å². The second kappa shape index (κ2) is 7.07. The zero-order valence-corrected chi connectivity index (χ0v) is 12.7. The normalized spacial score (nSPS) is 13.6. The molecule has 0 spiro atoms. The third kappa shape index (κ3) is 8.13. The van der Waals surface area contributed by atoms with Crippen molar-refractivity contribution in [3.63, 3.8) is 0 Å². The Hall–Kier alpha value is 0.350. The van der Waals surface area contributed by atoms with Crippen LogP contribution in [-0.4, -0.2) is 32.2 Å². The minimum absolute atomic E-state index is 0.373. The second-order valence-electron chi connectivity index (χ2n) is 3.83. The summed E-state index contributed by atoms with van der Waals surface area (Å²) in [5.74, 6) is 0. The molecule has 0 fully saturated rings. The van der Waals surface area contributed by atoms with Crippen LogP contribution in [0.25, 0.3) is 0 Å². The van der Waals surface area contributed by atoms with E-state index in [9.17, 15) is 13.0 Å². The molecule has 0 saturated heterocycles. The van der Waals surface area contributed by atoms with E-state index in [-0.39, 0.29) is 12.2 Å². The average molecular weight is 309 g/mol. The number of hydrogen-bond acceptors (Lipinski definition) is 6. The van der Waals surface area contributed by atoms with Gasteiger partial charge in [0.05, 0.1) is 12.2 Å². The predicted molar refractivity (Wildman–Crippen MR) is 65.6 cm³/mol. The van der Waals surface area contributed by atoms with Gasteiger partial charge in [-0.1, -0.05) is 0 Å². The van der Waals surface area contributed by atoms with Gasteiger partial charge in [-0.3, -0.25) is 8.75 Å². The minimum Gasteiger partial charge on any atom is -0.304 e. The van der Waals surface area contributed by atoms with Crippen molar-refractivity contribution in [3.05, 3.63) is 0 Å². The third-order valence-corrected chi connectivity index (χ3v) is 4.92. The van der Waals surface area contributed by atoms with Crippen molar-refractivity contribution >= 4 is 29.3 Å². The summed E-state index contributed by atoms with van der Waals surface area (Å²) in [5, 5.41) is -0.712. The largest absolute Gasteiger partial charge is 0.358 e. The molecule has 0 N–H and O–H groups in total. The summed E-state index contributed by atoms with van der Waals surface area (Å²) in [4.78, 5) is 0. The summed E-state index contributed by atoms with van der Waals surface area (Å²) >= 11 is 5.15. The first-order valence-electron chi connectivity index (χ1n) is 4.99. The van der Waals surface area contributed by atoms with Crippen LogP contribution in [0.15, 0.2) is 0 Å². The highest BCUT2D eigenvalue weighted by Crippen LogP contribution is 2.50. The molecule has 0 heterocycles. The summed E-state index contributed by atoms with van der Waals surface area (Å²) < 4.78 is 48.8. The lowest BCUT2D eigenvalue weighted by Crippen LogP contribution is -2.15. The molecule has 17 heavy (non-hydrogen) atoms. The molecule has 0 aliphatic heterocycles. The fourth-order valence-corrected chi connectivity index (χ4v) is 3.77. The number of halogens is 1. The Morgan fingerprint density at radius 3 is 1.82 bits per heavy atom. The van der Waals surface area contributed by atoms with E-state index in [1.807, 2.05) is 0 Å². The second-order valence-corrected chi connectivity index (χ2v) is 7.96. The van der Waals surface area contributed by atoms with Crippen molar-refractivity contribution in [2.45, 2.75) is 39.9 Å². The van der Waals surface area contributed by atoms with Gasteiger partial charge in [0.2, 0.25) is 0 Å². The van der Waals surface area contributed by atoms with Crippen LogP contribution in [0.1, 0.15) is 27.7 Å². The topological polar surface area (TPSA) is 78.9 Å². The molecule has 0 unspecified atom stereocenters. The molecule has 0 aliphatic carbocycles. The van der Waals surface area contributed by atoms with Crippen molar-refractivity contribution in [2.24, 2.45) is 0 Å². The Kier molecular flexibility index (Phi) is 7.21. The van der Waals surface area contributed by atoms with E-state index in [0.717, 1.165) is 0 Å². The summed E-state index contributed by atoms with van der Waals surface area (Å²) in [7, 11) is -7.49. The molecule has 0 amide bonds.